The lowest BCUT2D eigenvalue weighted by molar-refractivity contribution is 0.630. The summed E-state index contributed by atoms with van der Waals surface area (Å²) in [7, 11) is 1.84. The van der Waals surface area contributed by atoms with E-state index in [0.29, 0.717) is 40.4 Å². The van der Waals surface area contributed by atoms with E-state index in [-0.39, 0.29) is 5.39 Å². The molecule has 0 bridgehead atoms. The average molecular weight is 427 g/mol. The van der Waals surface area contributed by atoms with Gasteiger partial charge in [0.15, 0.2) is 19.3 Å². The van der Waals surface area contributed by atoms with E-state index in [9.17, 15) is 9.18 Å². The van der Waals surface area contributed by atoms with Crippen molar-refractivity contribution in [1.82, 2.24) is 29.5 Å². The van der Waals surface area contributed by atoms with Crippen molar-refractivity contribution in [3.8, 4) is 5.69 Å². The van der Waals surface area contributed by atoms with Crippen LogP contribution >= 0.6 is 0 Å². The zero-order valence-electron chi connectivity index (χ0n) is 17.5. The van der Waals surface area contributed by atoms with Gasteiger partial charge in [-0.2, -0.15) is 0 Å². The maximum Gasteiger partial charge on any atom is 0.269 e. The number of hydrogen-bond donors (Lipinski definition) is 2. The van der Waals surface area contributed by atoms with Crippen molar-refractivity contribution >= 4 is 41.5 Å². The van der Waals surface area contributed by atoms with Crippen LogP contribution in [0.3, 0.4) is 0 Å². The molecule has 0 unspecified atom stereocenters. The van der Waals surface area contributed by atoms with Crippen molar-refractivity contribution in [3.63, 3.8) is 0 Å². The Labute approximate surface area is 183 Å². The smallest absolute Gasteiger partial charge is 0.269 e. The highest BCUT2D eigenvalue weighted by molar-refractivity contribution is 6.30. The molecule has 32 heavy (non-hydrogen) atoms. The molecule has 0 aliphatic carbocycles. The number of halogens is 1. The van der Waals surface area contributed by atoms with Gasteiger partial charge in [0.05, 0.1) is 23.0 Å². The van der Waals surface area contributed by atoms with Crippen LogP contribution in [-0.4, -0.2) is 37.3 Å². The van der Waals surface area contributed by atoms with Crippen molar-refractivity contribution in [3.05, 3.63) is 76.9 Å². The van der Waals surface area contributed by atoms with E-state index < -0.39 is 17.4 Å². The zero-order valence-corrected chi connectivity index (χ0v) is 17.5. The largest absolute Gasteiger partial charge is 0.358 e. The Morgan fingerprint density at radius 2 is 1.94 bits per heavy atom. The fraction of sp³-hybridized carbons (Fsp3) is 0.136. The number of nitrogens with one attached hydrogen (secondary N) is 2. The molecule has 3 heterocycles. The first-order valence-corrected chi connectivity index (χ1v) is 10.3. The van der Waals surface area contributed by atoms with Gasteiger partial charge < -0.3 is 10.3 Å². The first-order valence-electron chi connectivity index (χ1n) is 10.3. The van der Waals surface area contributed by atoms with Gasteiger partial charge in [0.1, 0.15) is 28.9 Å². The number of H-pyrrole nitrogens is 1. The van der Waals surface area contributed by atoms with Gasteiger partial charge in [-0.25, -0.2) is 24.3 Å². The maximum absolute atomic E-state index is 14.6. The van der Waals surface area contributed by atoms with Crippen LogP contribution in [0.5, 0.6) is 0 Å². The number of aromatic nitrogens is 6. The molecule has 0 aliphatic heterocycles. The van der Waals surface area contributed by atoms with Gasteiger partial charge >= 0.3 is 0 Å². The summed E-state index contributed by atoms with van der Waals surface area (Å²) in [4.78, 5) is 34.3. The molecule has 0 saturated carbocycles. The van der Waals surface area contributed by atoms with Crippen molar-refractivity contribution in [2.75, 3.05) is 5.32 Å². The first-order chi connectivity index (χ1) is 15.6. The van der Waals surface area contributed by atoms with E-state index in [1.807, 2.05) is 33.0 Å². The SMILES string of the molecule is Bc1nc2c(N[C@@H](CC)c3nc4cccc(F)c4c(=O)n3-c3ccccc3)ncnc2[nH]1. The van der Waals surface area contributed by atoms with Gasteiger partial charge in [0.25, 0.3) is 5.56 Å². The van der Waals surface area contributed by atoms with Crippen molar-refractivity contribution in [2.24, 2.45) is 0 Å². The summed E-state index contributed by atoms with van der Waals surface area (Å²) in [5.74, 6) is 0.391. The molecule has 1 atom stereocenters. The molecule has 2 aromatic carbocycles. The fourth-order valence-electron chi connectivity index (χ4n) is 3.83. The van der Waals surface area contributed by atoms with Crippen molar-refractivity contribution in [2.45, 2.75) is 19.4 Å². The zero-order chi connectivity index (χ0) is 22.2. The summed E-state index contributed by atoms with van der Waals surface area (Å²) in [6.45, 7) is 1.98. The number of anilines is 1. The summed E-state index contributed by atoms with van der Waals surface area (Å²) in [5.41, 5.74) is 2.39. The Morgan fingerprint density at radius 3 is 2.72 bits per heavy atom. The van der Waals surface area contributed by atoms with Crippen LogP contribution in [0.15, 0.2) is 59.7 Å². The standard InChI is InChI=1S/C22H19BFN7O/c1-2-14(27-18-17-19(26-11-25-18)30-22(23)29-17)20-28-15-10-6-9-13(24)16(15)21(32)31(20)12-7-4-3-5-8-12/h3-11,14H,2,23H2,1H3,(H2,25,26,27,29,30)/t14-/m0/s1. The third kappa shape index (κ3) is 3.29. The molecule has 0 aliphatic rings. The molecule has 0 saturated heterocycles. The molecular weight excluding hydrogens is 408 g/mol. The van der Waals surface area contributed by atoms with Crippen LogP contribution in [-0.2, 0) is 0 Å². The topological polar surface area (TPSA) is 101 Å². The minimum absolute atomic E-state index is 0.0395. The van der Waals surface area contributed by atoms with E-state index in [1.54, 1.807) is 24.3 Å². The van der Waals surface area contributed by atoms with Gasteiger partial charge in [0, 0.05) is 0 Å². The monoisotopic (exact) mass is 427 g/mol. The predicted octanol–water partition coefficient (Wildman–Crippen LogP) is 2.01. The first kappa shape index (κ1) is 19.9. The van der Waals surface area contributed by atoms with Crippen LogP contribution in [0, 0.1) is 5.82 Å². The molecular formula is C22H19BFN7O. The van der Waals surface area contributed by atoms with Crippen LogP contribution < -0.4 is 16.6 Å². The van der Waals surface area contributed by atoms with E-state index in [4.69, 9.17) is 4.98 Å². The van der Waals surface area contributed by atoms with E-state index in [2.05, 4.69) is 25.3 Å². The summed E-state index contributed by atoms with van der Waals surface area (Å²) < 4.78 is 16.0. The number of para-hydroxylation sites is 1. The van der Waals surface area contributed by atoms with Crippen LogP contribution in [0.2, 0.25) is 0 Å². The molecule has 5 rings (SSSR count). The highest BCUT2D eigenvalue weighted by Crippen LogP contribution is 2.26. The molecule has 0 fully saturated rings. The molecule has 158 valence electrons. The molecule has 0 radical (unpaired) electrons. The lowest BCUT2D eigenvalue weighted by Crippen LogP contribution is -2.28. The van der Waals surface area contributed by atoms with Crippen molar-refractivity contribution in [1.29, 1.82) is 0 Å². The number of aromatic amines is 1. The Bertz CT molecular complexity index is 1500. The number of imidazole rings is 1. The molecule has 2 N–H and O–H groups in total. The van der Waals surface area contributed by atoms with Gasteiger partial charge in [0.2, 0.25) is 0 Å². The number of fused-ring (bicyclic) bond motifs is 2. The second-order valence-electron chi connectivity index (χ2n) is 7.43. The fourth-order valence-corrected chi connectivity index (χ4v) is 3.83. The Balaban J connectivity index is 1.73. The highest BCUT2D eigenvalue weighted by Gasteiger charge is 2.23. The van der Waals surface area contributed by atoms with Crippen LogP contribution in [0.1, 0.15) is 25.2 Å². The minimum atomic E-state index is -0.596. The van der Waals surface area contributed by atoms with E-state index in [1.165, 1.54) is 17.0 Å². The average Bonchev–Trinajstić information content (AvgIpc) is 3.19. The minimum Gasteiger partial charge on any atom is -0.358 e. The van der Waals surface area contributed by atoms with Crippen molar-refractivity contribution < 1.29 is 4.39 Å². The van der Waals surface area contributed by atoms with Gasteiger partial charge in [-0.1, -0.05) is 31.2 Å². The maximum atomic E-state index is 14.6. The number of benzene rings is 2. The molecule has 0 amide bonds. The third-order valence-corrected chi connectivity index (χ3v) is 5.32. The van der Waals surface area contributed by atoms with Gasteiger partial charge in [-0.15, -0.1) is 0 Å². The number of rotatable bonds is 5. The summed E-state index contributed by atoms with van der Waals surface area (Å²) in [6.07, 6.45) is 2.04. The second kappa shape index (κ2) is 7.88. The third-order valence-electron chi connectivity index (χ3n) is 5.32. The lowest BCUT2D eigenvalue weighted by Gasteiger charge is -2.22. The second-order valence-corrected chi connectivity index (χ2v) is 7.43. The summed E-state index contributed by atoms with van der Waals surface area (Å²) >= 11 is 0. The molecule has 8 nitrogen and oxygen atoms in total. The van der Waals surface area contributed by atoms with E-state index >= 15 is 0 Å². The number of nitrogens with zero attached hydrogens (tertiary/aromatic N) is 5. The van der Waals surface area contributed by atoms with Crippen LogP contribution in [0.25, 0.3) is 27.8 Å². The van der Waals surface area contributed by atoms with Gasteiger partial charge in [-0.3, -0.25) is 9.36 Å². The van der Waals surface area contributed by atoms with Crippen LogP contribution in [0.4, 0.5) is 10.2 Å². The predicted molar refractivity (Wildman–Crippen MR) is 124 cm³/mol. The highest BCUT2D eigenvalue weighted by atomic mass is 19.1. The molecule has 0 spiro atoms. The molecule has 5 aromatic rings. The normalized spacial score (nSPS) is 12.3. The number of hydrogen-bond acceptors (Lipinski definition) is 6. The lowest BCUT2D eigenvalue weighted by atomic mass is 10.1. The Morgan fingerprint density at radius 1 is 1.12 bits per heavy atom. The Hall–Kier alpha value is -4.08. The van der Waals surface area contributed by atoms with Gasteiger partial charge in [-0.05, 0) is 30.7 Å². The summed E-state index contributed by atoms with van der Waals surface area (Å²) in [6, 6.07) is 13.2. The quantitative estimate of drug-likeness (QED) is 0.416. The Kier molecular flexibility index (Phi) is 4.89. The molecule has 10 heteroatoms. The molecule has 3 aromatic heterocycles. The van der Waals surface area contributed by atoms with E-state index in [0.717, 1.165) is 5.72 Å². The summed E-state index contributed by atoms with van der Waals surface area (Å²) in [5, 5.41) is 3.33.